The second-order valence-electron chi connectivity index (χ2n) is 3.26. The van der Waals surface area contributed by atoms with Crippen molar-refractivity contribution in [1.82, 2.24) is 13.9 Å². The smallest absolute Gasteiger partial charge is 0.348 e. The van der Waals surface area contributed by atoms with E-state index in [4.69, 9.17) is 5.11 Å². The highest BCUT2D eigenvalue weighted by Crippen LogP contribution is 2.09. The molecule has 1 atom stereocenters. The molecule has 0 saturated heterocycles. The average Bonchev–Trinajstić information content (AvgIpc) is 2.44. The van der Waals surface area contributed by atoms with Gasteiger partial charge in [0, 0.05) is 7.05 Å². The second kappa shape index (κ2) is 2.97. The minimum Gasteiger partial charge on any atom is -0.479 e. The van der Waals surface area contributed by atoms with E-state index in [1.165, 1.54) is 13.1 Å². The zero-order valence-corrected chi connectivity index (χ0v) is 7.95. The summed E-state index contributed by atoms with van der Waals surface area (Å²) in [6.07, 6.45) is 2.95. The molecule has 0 saturated carbocycles. The van der Waals surface area contributed by atoms with E-state index in [9.17, 15) is 14.4 Å². The van der Waals surface area contributed by atoms with Gasteiger partial charge in [-0.15, -0.1) is 0 Å². The molecule has 1 N–H and O–H groups in total. The molecule has 7 nitrogen and oxygen atoms in total. The van der Waals surface area contributed by atoms with Gasteiger partial charge in [0.05, 0.1) is 6.54 Å². The number of allylic oxidation sites excluding steroid dienone is 1. The van der Waals surface area contributed by atoms with Crippen molar-refractivity contribution in [1.29, 1.82) is 0 Å². The first kappa shape index (κ1) is 9.50. The Kier molecular flexibility index (Phi) is 1.88. The maximum absolute atomic E-state index is 11.6. The monoisotopic (exact) mass is 211 g/mol. The summed E-state index contributed by atoms with van der Waals surface area (Å²) in [4.78, 5) is 33.9. The molecule has 0 bridgehead atoms. The minimum absolute atomic E-state index is 0.221. The number of carboxylic acids is 1. The molecule has 2 rings (SSSR count). The third-order valence-electron chi connectivity index (χ3n) is 2.36. The van der Waals surface area contributed by atoms with Gasteiger partial charge in [-0.25, -0.2) is 28.3 Å². The van der Waals surface area contributed by atoms with Gasteiger partial charge in [0.15, 0.2) is 6.04 Å². The van der Waals surface area contributed by atoms with E-state index in [0.29, 0.717) is 0 Å². The number of rotatable bonds is 1. The van der Waals surface area contributed by atoms with Crippen LogP contribution in [-0.2, 0) is 18.4 Å². The van der Waals surface area contributed by atoms with Crippen molar-refractivity contribution < 1.29 is 9.90 Å². The van der Waals surface area contributed by atoms with Crippen LogP contribution < -0.4 is 11.4 Å². The number of carbonyl (C=O) groups is 1. The lowest BCUT2D eigenvalue weighted by molar-refractivity contribution is -0.140. The molecule has 0 fully saturated rings. The van der Waals surface area contributed by atoms with Crippen LogP contribution in [0.2, 0.25) is 0 Å². The van der Waals surface area contributed by atoms with Gasteiger partial charge < -0.3 is 5.11 Å². The summed E-state index contributed by atoms with van der Waals surface area (Å²) >= 11 is 0. The molecule has 0 spiro atoms. The van der Waals surface area contributed by atoms with Gasteiger partial charge in [-0.05, 0) is 0 Å². The standard InChI is InChI=1S/C8H9N3O4/c1-9-7(14)10-4-2-3-5(6(12)13)11(10)8(9)15/h2-3,5H,4H2,1H3,(H,12,13). The predicted octanol–water partition coefficient (Wildman–Crippen LogP) is -1.46. The molecule has 1 aliphatic heterocycles. The maximum Gasteiger partial charge on any atom is 0.348 e. The van der Waals surface area contributed by atoms with Crippen LogP contribution >= 0.6 is 0 Å². The molecule has 1 aromatic rings. The molecule has 1 aromatic heterocycles. The van der Waals surface area contributed by atoms with E-state index in [1.54, 1.807) is 6.08 Å². The number of nitrogens with zero attached hydrogens (tertiary/aromatic N) is 3. The normalized spacial score (nSPS) is 18.9. The average molecular weight is 211 g/mol. The topological polar surface area (TPSA) is 86.2 Å². The highest BCUT2D eigenvalue weighted by atomic mass is 16.4. The fourth-order valence-electron chi connectivity index (χ4n) is 1.60. The number of hydrogen-bond acceptors (Lipinski definition) is 3. The quantitative estimate of drug-likeness (QED) is 0.575. The van der Waals surface area contributed by atoms with Gasteiger partial charge in [0.1, 0.15) is 0 Å². The Labute approximate surface area is 83.5 Å². The second-order valence-corrected chi connectivity index (χ2v) is 3.26. The zero-order valence-electron chi connectivity index (χ0n) is 7.95. The zero-order chi connectivity index (χ0) is 11.2. The fourth-order valence-corrected chi connectivity index (χ4v) is 1.60. The first-order valence-electron chi connectivity index (χ1n) is 4.32. The SMILES string of the molecule is Cn1c(=O)n2n(c1=O)C(C(=O)O)C=CC2. The molecule has 7 heteroatoms. The Hall–Kier alpha value is -2.05. The van der Waals surface area contributed by atoms with E-state index in [0.717, 1.165) is 13.9 Å². The van der Waals surface area contributed by atoms with E-state index in [-0.39, 0.29) is 6.54 Å². The number of aliphatic carboxylic acids is 1. The van der Waals surface area contributed by atoms with Gasteiger partial charge in [0.2, 0.25) is 0 Å². The Balaban J connectivity index is 2.76. The van der Waals surface area contributed by atoms with Crippen molar-refractivity contribution in [3.63, 3.8) is 0 Å². The van der Waals surface area contributed by atoms with E-state index in [2.05, 4.69) is 0 Å². The molecule has 1 unspecified atom stereocenters. The first-order chi connectivity index (χ1) is 7.04. The van der Waals surface area contributed by atoms with Crippen LogP contribution in [0.15, 0.2) is 21.7 Å². The molecule has 0 aromatic carbocycles. The summed E-state index contributed by atoms with van der Waals surface area (Å²) < 4.78 is 2.95. The molecular weight excluding hydrogens is 202 g/mol. The van der Waals surface area contributed by atoms with Gasteiger partial charge >= 0.3 is 17.3 Å². The van der Waals surface area contributed by atoms with Crippen LogP contribution in [0.5, 0.6) is 0 Å². The summed E-state index contributed by atoms with van der Waals surface area (Å²) in [5.74, 6) is -1.16. The maximum atomic E-state index is 11.6. The molecule has 15 heavy (non-hydrogen) atoms. The molecule has 80 valence electrons. The molecule has 2 heterocycles. The van der Waals surface area contributed by atoms with Crippen molar-refractivity contribution >= 4 is 5.97 Å². The van der Waals surface area contributed by atoms with Crippen molar-refractivity contribution in [3.05, 3.63) is 33.1 Å². The lowest BCUT2D eigenvalue weighted by atomic mass is 10.2. The van der Waals surface area contributed by atoms with Gasteiger partial charge in [0.25, 0.3) is 0 Å². The number of fused-ring (bicyclic) bond motifs is 1. The number of carboxylic acid groups (broad SMARTS) is 1. The summed E-state index contributed by atoms with van der Waals surface area (Å²) in [5, 5.41) is 8.87. The summed E-state index contributed by atoms with van der Waals surface area (Å²) in [6, 6.07) is -1.10. The summed E-state index contributed by atoms with van der Waals surface area (Å²) in [6.45, 7) is 0.221. The summed E-state index contributed by atoms with van der Waals surface area (Å²) in [7, 11) is 1.32. The van der Waals surface area contributed by atoms with Crippen molar-refractivity contribution in [2.45, 2.75) is 12.6 Å². The summed E-state index contributed by atoms with van der Waals surface area (Å²) in [5.41, 5.74) is -1.12. The lowest BCUT2D eigenvalue weighted by Crippen LogP contribution is -2.35. The molecule has 0 aliphatic carbocycles. The van der Waals surface area contributed by atoms with Gasteiger partial charge in [-0.3, -0.25) is 0 Å². The predicted molar refractivity (Wildman–Crippen MR) is 49.7 cm³/mol. The van der Waals surface area contributed by atoms with Crippen molar-refractivity contribution in [3.8, 4) is 0 Å². The Morgan fingerprint density at radius 2 is 2.13 bits per heavy atom. The molecular formula is C8H9N3O4. The highest BCUT2D eigenvalue weighted by molar-refractivity contribution is 5.74. The Morgan fingerprint density at radius 3 is 2.73 bits per heavy atom. The van der Waals surface area contributed by atoms with Crippen LogP contribution in [0.4, 0.5) is 0 Å². The Morgan fingerprint density at radius 1 is 1.47 bits per heavy atom. The van der Waals surface area contributed by atoms with Gasteiger partial charge in [-0.2, -0.15) is 0 Å². The lowest BCUT2D eigenvalue weighted by Gasteiger charge is -2.16. The molecule has 1 aliphatic rings. The minimum atomic E-state index is -1.16. The first-order valence-corrected chi connectivity index (χ1v) is 4.32. The molecule has 0 radical (unpaired) electrons. The van der Waals surface area contributed by atoms with Crippen LogP contribution in [-0.4, -0.2) is 25.0 Å². The largest absolute Gasteiger partial charge is 0.479 e. The highest BCUT2D eigenvalue weighted by Gasteiger charge is 2.26. The van der Waals surface area contributed by atoms with E-state index < -0.39 is 23.4 Å². The molecule has 0 amide bonds. The third kappa shape index (κ3) is 1.16. The van der Waals surface area contributed by atoms with Crippen molar-refractivity contribution in [2.24, 2.45) is 7.05 Å². The van der Waals surface area contributed by atoms with Crippen LogP contribution in [0.25, 0.3) is 0 Å². The number of hydrogen-bond donors (Lipinski definition) is 1. The van der Waals surface area contributed by atoms with Gasteiger partial charge in [-0.1, -0.05) is 12.2 Å². The van der Waals surface area contributed by atoms with Crippen molar-refractivity contribution in [2.75, 3.05) is 0 Å². The van der Waals surface area contributed by atoms with Crippen LogP contribution in [0.3, 0.4) is 0 Å². The fraction of sp³-hybridized carbons (Fsp3) is 0.375. The van der Waals surface area contributed by atoms with Crippen LogP contribution in [0.1, 0.15) is 6.04 Å². The van der Waals surface area contributed by atoms with Crippen LogP contribution in [0, 0.1) is 0 Å². The third-order valence-corrected chi connectivity index (χ3v) is 2.36. The number of aromatic nitrogens is 3. The van der Waals surface area contributed by atoms with E-state index in [1.807, 2.05) is 0 Å². The Bertz CT molecular complexity index is 559. The van der Waals surface area contributed by atoms with E-state index >= 15 is 0 Å².